The van der Waals surface area contributed by atoms with Crippen LogP contribution in [-0.4, -0.2) is 35.6 Å². The van der Waals surface area contributed by atoms with Gasteiger partial charge in [0, 0.05) is 19.4 Å². The first-order valence-corrected chi connectivity index (χ1v) is 5.41. The highest BCUT2D eigenvalue weighted by Gasteiger charge is 2.47. The number of nitriles is 1. The van der Waals surface area contributed by atoms with Crippen LogP contribution in [0.2, 0.25) is 0 Å². The summed E-state index contributed by atoms with van der Waals surface area (Å²) < 4.78 is 11.0. The minimum Gasteiger partial charge on any atom is -0.391 e. The second-order valence-electron chi connectivity index (χ2n) is 4.16. The van der Waals surface area contributed by atoms with E-state index >= 15 is 0 Å². The Morgan fingerprint density at radius 2 is 2.13 bits per heavy atom. The fourth-order valence-electron chi connectivity index (χ4n) is 1.70. The van der Waals surface area contributed by atoms with Crippen LogP contribution in [0.3, 0.4) is 0 Å². The predicted octanol–water partition coefficient (Wildman–Crippen LogP) is 1.23. The Bertz CT molecular complexity index is 241. The van der Waals surface area contributed by atoms with E-state index in [1.54, 1.807) is 13.8 Å². The van der Waals surface area contributed by atoms with Crippen molar-refractivity contribution in [3.63, 3.8) is 0 Å². The van der Waals surface area contributed by atoms with Crippen molar-refractivity contribution in [2.24, 2.45) is 0 Å². The SMILES string of the molecule is CCOC1CC(C#N)(OC(C)C(C)O)C1. The van der Waals surface area contributed by atoms with E-state index in [1.807, 2.05) is 6.92 Å². The Morgan fingerprint density at radius 1 is 1.53 bits per heavy atom. The highest BCUT2D eigenvalue weighted by molar-refractivity contribution is 5.12. The summed E-state index contributed by atoms with van der Waals surface area (Å²) >= 11 is 0. The standard InChI is InChI=1S/C11H19NO3/c1-4-14-10-5-11(6-10,7-12)15-9(3)8(2)13/h8-10,13H,4-6H2,1-3H3. The van der Waals surface area contributed by atoms with Gasteiger partial charge >= 0.3 is 0 Å². The van der Waals surface area contributed by atoms with Gasteiger partial charge in [-0.1, -0.05) is 0 Å². The summed E-state index contributed by atoms with van der Waals surface area (Å²) in [4.78, 5) is 0. The van der Waals surface area contributed by atoms with Gasteiger partial charge in [-0.05, 0) is 20.8 Å². The normalized spacial score (nSPS) is 33.9. The van der Waals surface area contributed by atoms with Crippen molar-refractivity contribution in [1.82, 2.24) is 0 Å². The Labute approximate surface area is 90.8 Å². The lowest BCUT2D eigenvalue weighted by atomic mass is 9.78. The fourth-order valence-corrected chi connectivity index (χ4v) is 1.70. The molecule has 1 aliphatic rings. The third-order valence-electron chi connectivity index (χ3n) is 2.81. The molecule has 0 aliphatic heterocycles. The van der Waals surface area contributed by atoms with Crippen molar-refractivity contribution in [3.8, 4) is 6.07 Å². The zero-order valence-electron chi connectivity index (χ0n) is 9.56. The molecule has 0 bridgehead atoms. The average Bonchev–Trinajstić information content (AvgIpc) is 2.13. The first-order chi connectivity index (χ1) is 7.03. The molecule has 0 spiro atoms. The maximum atomic E-state index is 9.30. The third kappa shape index (κ3) is 2.91. The molecule has 0 aromatic carbocycles. The zero-order valence-corrected chi connectivity index (χ0v) is 9.56. The van der Waals surface area contributed by atoms with Gasteiger partial charge < -0.3 is 14.6 Å². The molecule has 1 fully saturated rings. The molecule has 0 saturated heterocycles. The first-order valence-electron chi connectivity index (χ1n) is 5.41. The second-order valence-corrected chi connectivity index (χ2v) is 4.16. The van der Waals surface area contributed by atoms with E-state index in [9.17, 15) is 5.11 Å². The molecule has 0 heterocycles. The lowest BCUT2D eigenvalue weighted by Crippen LogP contribution is -2.52. The Morgan fingerprint density at radius 3 is 2.53 bits per heavy atom. The highest BCUT2D eigenvalue weighted by atomic mass is 16.5. The molecule has 1 N–H and O–H groups in total. The molecule has 0 aromatic rings. The van der Waals surface area contributed by atoms with Crippen molar-refractivity contribution in [2.45, 2.75) is 57.5 Å². The molecule has 0 radical (unpaired) electrons. The Kier molecular flexibility index (Phi) is 4.09. The number of nitrogens with zero attached hydrogens (tertiary/aromatic N) is 1. The predicted molar refractivity (Wildman–Crippen MR) is 55.2 cm³/mol. The fraction of sp³-hybridized carbons (Fsp3) is 0.909. The topological polar surface area (TPSA) is 62.5 Å². The van der Waals surface area contributed by atoms with E-state index in [1.165, 1.54) is 0 Å². The van der Waals surface area contributed by atoms with Gasteiger partial charge in [-0.3, -0.25) is 0 Å². The summed E-state index contributed by atoms with van der Waals surface area (Å²) in [5.74, 6) is 0. The van der Waals surface area contributed by atoms with Gasteiger partial charge in [-0.15, -0.1) is 0 Å². The number of aliphatic hydroxyl groups is 1. The average molecular weight is 213 g/mol. The molecule has 1 rings (SSSR count). The molecule has 15 heavy (non-hydrogen) atoms. The minimum absolute atomic E-state index is 0.135. The molecule has 4 nitrogen and oxygen atoms in total. The van der Waals surface area contributed by atoms with E-state index in [2.05, 4.69) is 6.07 Å². The summed E-state index contributed by atoms with van der Waals surface area (Å²) in [6, 6.07) is 2.18. The summed E-state index contributed by atoms with van der Waals surface area (Å²) in [7, 11) is 0. The summed E-state index contributed by atoms with van der Waals surface area (Å²) in [5.41, 5.74) is -0.740. The molecule has 0 aromatic heterocycles. The molecule has 2 atom stereocenters. The summed E-state index contributed by atoms with van der Waals surface area (Å²) in [6.07, 6.45) is 0.479. The largest absolute Gasteiger partial charge is 0.391 e. The Balaban J connectivity index is 2.42. The van der Waals surface area contributed by atoms with Gasteiger partial charge in [-0.2, -0.15) is 5.26 Å². The first kappa shape index (κ1) is 12.4. The quantitative estimate of drug-likeness (QED) is 0.746. The van der Waals surface area contributed by atoms with E-state index in [-0.39, 0.29) is 12.2 Å². The molecule has 86 valence electrons. The van der Waals surface area contributed by atoms with Crippen LogP contribution >= 0.6 is 0 Å². The van der Waals surface area contributed by atoms with Gasteiger partial charge in [0.2, 0.25) is 0 Å². The van der Waals surface area contributed by atoms with E-state index in [4.69, 9.17) is 14.7 Å². The van der Waals surface area contributed by atoms with E-state index in [0.717, 1.165) is 0 Å². The Hall–Kier alpha value is -0.630. The van der Waals surface area contributed by atoms with E-state index in [0.29, 0.717) is 19.4 Å². The van der Waals surface area contributed by atoms with Crippen LogP contribution in [0.5, 0.6) is 0 Å². The molecule has 2 unspecified atom stereocenters. The smallest absolute Gasteiger partial charge is 0.159 e. The van der Waals surface area contributed by atoms with Crippen LogP contribution < -0.4 is 0 Å². The van der Waals surface area contributed by atoms with Crippen LogP contribution in [0.25, 0.3) is 0 Å². The number of ether oxygens (including phenoxy) is 2. The van der Waals surface area contributed by atoms with Crippen LogP contribution in [0.4, 0.5) is 0 Å². The number of hydrogen-bond acceptors (Lipinski definition) is 4. The molecule has 4 heteroatoms. The molecular formula is C11H19NO3. The third-order valence-corrected chi connectivity index (χ3v) is 2.81. The number of rotatable bonds is 5. The van der Waals surface area contributed by atoms with Crippen LogP contribution in [0, 0.1) is 11.3 Å². The van der Waals surface area contributed by atoms with Gasteiger partial charge in [0.05, 0.1) is 24.4 Å². The van der Waals surface area contributed by atoms with Gasteiger partial charge in [0.15, 0.2) is 5.60 Å². The molecule has 1 aliphatic carbocycles. The summed E-state index contributed by atoms with van der Waals surface area (Å²) in [6.45, 7) is 6.04. The number of aliphatic hydroxyl groups excluding tert-OH is 1. The lowest BCUT2D eigenvalue weighted by molar-refractivity contribution is -0.178. The van der Waals surface area contributed by atoms with Crippen molar-refractivity contribution in [2.75, 3.05) is 6.61 Å². The maximum Gasteiger partial charge on any atom is 0.159 e. The van der Waals surface area contributed by atoms with Gasteiger partial charge in [0.1, 0.15) is 0 Å². The van der Waals surface area contributed by atoms with Gasteiger partial charge in [-0.25, -0.2) is 0 Å². The van der Waals surface area contributed by atoms with E-state index < -0.39 is 11.7 Å². The highest BCUT2D eigenvalue weighted by Crippen LogP contribution is 2.38. The van der Waals surface area contributed by atoms with Crippen LogP contribution in [0.1, 0.15) is 33.6 Å². The summed E-state index contributed by atoms with van der Waals surface area (Å²) in [5, 5.41) is 18.3. The van der Waals surface area contributed by atoms with Crippen molar-refractivity contribution in [3.05, 3.63) is 0 Å². The monoisotopic (exact) mass is 213 g/mol. The van der Waals surface area contributed by atoms with Crippen molar-refractivity contribution < 1.29 is 14.6 Å². The molecular weight excluding hydrogens is 194 g/mol. The zero-order chi connectivity index (χ0) is 11.5. The minimum atomic E-state index is -0.740. The molecule has 0 amide bonds. The number of hydrogen-bond donors (Lipinski definition) is 1. The van der Waals surface area contributed by atoms with Crippen molar-refractivity contribution >= 4 is 0 Å². The van der Waals surface area contributed by atoms with Crippen LogP contribution in [0.15, 0.2) is 0 Å². The lowest BCUT2D eigenvalue weighted by Gasteiger charge is -2.43. The van der Waals surface area contributed by atoms with Gasteiger partial charge in [0.25, 0.3) is 0 Å². The maximum absolute atomic E-state index is 9.30. The van der Waals surface area contributed by atoms with Crippen molar-refractivity contribution in [1.29, 1.82) is 5.26 Å². The van der Waals surface area contributed by atoms with Crippen LogP contribution in [-0.2, 0) is 9.47 Å². The second kappa shape index (κ2) is 4.93. The molecule has 1 saturated carbocycles.